The third kappa shape index (κ3) is 7.48. The summed E-state index contributed by atoms with van der Waals surface area (Å²) in [6, 6.07) is 13.5. The van der Waals surface area contributed by atoms with Gasteiger partial charge in [-0.3, -0.25) is 13.9 Å². The summed E-state index contributed by atoms with van der Waals surface area (Å²) in [4.78, 5) is 27.7. The number of carbonyl (C=O) groups is 2. The van der Waals surface area contributed by atoms with E-state index in [9.17, 15) is 18.0 Å². The molecule has 8 nitrogen and oxygen atoms in total. The van der Waals surface area contributed by atoms with E-state index in [1.54, 1.807) is 38.1 Å². The van der Waals surface area contributed by atoms with Crippen LogP contribution in [0.5, 0.6) is 5.75 Å². The molecular formula is C25H35N3O5S. The molecular weight excluding hydrogens is 454 g/mol. The number of anilines is 1. The highest BCUT2D eigenvalue weighted by Gasteiger charge is 2.31. The molecule has 34 heavy (non-hydrogen) atoms. The smallest absolute Gasteiger partial charge is 0.244 e. The molecule has 0 aromatic heterocycles. The third-order valence-corrected chi connectivity index (χ3v) is 6.39. The lowest BCUT2D eigenvalue weighted by atomic mass is 10.1. The first-order chi connectivity index (χ1) is 16.1. The molecule has 0 saturated carbocycles. The van der Waals surface area contributed by atoms with Crippen LogP contribution in [0, 0.1) is 6.92 Å². The van der Waals surface area contributed by atoms with Crippen LogP contribution in [-0.2, 0) is 26.2 Å². The Hall–Kier alpha value is -3.07. The molecule has 0 unspecified atom stereocenters. The normalized spacial score (nSPS) is 12.0. The van der Waals surface area contributed by atoms with Crippen molar-refractivity contribution in [2.24, 2.45) is 0 Å². The maximum Gasteiger partial charge on any atom is 0.244 e. The van der Waals surface area contributed by atoms with Crippen molar-refractivity contribution in [2.45, 2.75) is 46.7 Å². The molecule has 0 heterocycles. The molecule has 186 valence electrons. The predicted octanol–water partition coefficient (Wildman–Crippen LogP) is 3.10. The number of aryl methyl sites for hydroxylation is 1. The molecule has 2 aromatic carbocycles. The van der Waals surface area contributed by atoms with Crippen molar-refractivity contribution in [1.29, 1.82) is 0 Å². The van der Waals surface area contributed by atoms with Crippen LogP contribution in [-0.4, -0.2) is 57.1 Å². The van der Waals surface area contributed by atoms with E-state index < -0.39 is 28.5 Å². The highest BCUT2D eigenvalue weighted by atomic mass is 32.2. The molecule has 2 rings (SSSR count). The molecule has 0 saturated heterocycles. The number of para-hydroxylation sites is 2. The fourth-order valence-electron chi connectivity index (χ4n) is 3.52. The minimum absolute atomic E-state index is 0.173. The van der Waals surface area contributed by atoms with Gasteiger partial charge >= 0.3 is 0 Å². The molecule has 1 atom stereocenters. The Morgan fingerprint density at radius 2 is 1.79 bits per heavy atom. The van der Waals surface area contributed by atoms with Gasteiger partial charge in [0, 0.05) is 13.1 Å². The van der Waals surface area contributed by atoms with Gasteiger partial charge in [-0.05, 0) is 44.9 Å². The van der Waals surface area contributed by atoms with Crippen LogP contribution < -0.4 is 14.4 Å². The predicted molar refractivity (Wildman–Crippen MR) is 134 cm³/mol. The van der Waals surface area contributed by atoms with E-state index in [2.05, 4.69) is 5.32 Å². The van der Waals surface area contributed by atoms with Gasteiger partial charge in [-0.25, -0.2) is 8.42 Å². The van der Waals surface area contributed by atoms with Crippen molar-refractivity contribution in [3.8, 4) is 5.75 Å². The number of hydrogen-bond acceptors (Lipinski definition) is 5. The minimum Gasteiger partial charge on any atom is -0.492 e. The maximum atomic E-state index is 13.6. The molecule has 0 aliphatic heterocycles. The summed E-state index contributed by atoms with van der Waals surface area (Å²) in [5.74, 6) is -0.414. The molecule has 0 spiro atoms. The monoisotopic (exact) mass is 489 g/mol. The molecule has 1 N–H and O–H groups in total. The lowest BCUT2D eigenvalue weighted by molar-refractivity contribution is -0.139. The molecule has 2 aromatic rings. The van der Waals surface area contributed by atoms with E-state index in [0.717, 1.165) is 28.1 Å². The fraction of sp³-hybridized carbons (Fsp3) is 0.440. The zero-order valence-corrected chi connectivity index (χ0v) is 21.4. The van der Waals surface area contributed by atoms with Crippen molar-refractivity contribution in [3.63, 3.8) is 0 Å². The summed E-state index contributed by atoms with van der Waals surface area (Å²) in [5.41, 5.74) is 2.15. The van der Waals surface area contributed by atoms with Gasteiger partial charge < -0.3 is 15.0 Å². The van der Waals surface area contributed by atoms with E-state index in [1.807, 2.05) is 38.1 Å². The summed E-state index contributed by atoms with van der Waals surface area (Å²) in [5, 5.41) is 2.82. The average molecular weight is 490 g/mol. The number of amides is 2. The Labute approximate surface area is 202 Å². The topological polar surface area (TPSA) is 96.0 Å². The number of carbonyl (C=O) groups excluding carboxylic acids is 2. The first-order valence-electron chi connectivity index (χ1n) is 11.4. The van der Waals surface area contributed by atoms with Crippen LogP contribution in [0.25, 0.3) is 0 Å². The van der Waals surface area contributed by atoms with Crippen molar-refractivity contribution < 1.29 is 22.7 Å². The number of benzene rings is 2. The summed E-state index contributed by atoms with van der Waals surface area (Å²) in [7, 11) is -3.82. The van der Waals surface area contributed by atoms with Crippen LogP contribution in [0.2, 0.25) is 0 Å². The number of rotatable bonds is 12. The maximum absolute atomic E-state index is 13.6. The largest absolute Gasteiger partial charge is 0.492 e. The Morgan fingerprint density at radius 1 is 1.09 bits per heavy atom. The number of hydrogen-bond donors (Lipinski definition) is 1. The van der Waals surface area contributed by atoms with E-state index >= 15 is 0 Å². The second kappa shape index (κ2) is 12.4. The van der Waals surface area contributed by atoms with Crippen LogP contribution in [0.1, 0.15) is 38.3 Å². The molecule has 0 radical (unpaired) electrons. The first-order valence-corrected chi connectivity index (χ1v) is 13.3. The molecule has 0 fully saturated rings. The Morgan fingerprint density at radius 3 is 2.41 bits per heavy atom. The number of nitrogens with zero attached hydrogens (tertiary/aromatic N) is 2. The zero-order valence-electron chi connectivity index (χ0n) is 20.6. The minimum atomic E-state index is -3.82. The van der Waals surface area contributed by atoms with Crippen molar-refractivity contribution >= 4 is 27.5 Å². The molecule has 0 aliphatic rings. The molecule has 0 aliphatic carbocycles. The Balaban J connectivity index is 2.42. The van der Waals surface area contributed by atoms with Crippen LogP contribution in [0.15, 0.2) is 48.5 Å². The number of sulfonamides is 1. The quantitative estimate of drug-likeness (QED) is 0.494. The fourth-order valence-corrected chi connectivity index (χ4v) is 4.37. The first kappa shape index (κ1) is 27.2. The van der Waals surface area contributed by atoms with E-state index in [-0.39, 0.29) is 18.1 Å². The SMILES string of the molecule is CCCNC(=O)[C@@H](C)N(Cc1cccc(C)c1)C(=O)CN(c1ccccc1OCC)S(C)(=O)=O. The number of ether oxygens (including phenoxy) is 1. The van der Waals surface area contributed by atoms with E-state index in [1.165, 1.54) is 4.90 Å². The lowest BCUT2D eigenvalue weighted by Gasteiger charge is -2.32. The average Bonchev–Trinajstić information content (AvgIpc) is 2.79. The highest BCUT2D eigenvalue weighted by molar-refractivity contribution is 7.92. The third-order valence-electron chi connectivity index (χ3n) is 5.26. The molecule has 0 bridgehead atoms. The standard InChI is InChI=1S/C25H35N3O5S/c1-6-15-26-25(30)20(4)27(17-21-12-10-11-19(3)16-21)24(29)18-28(34(5,31)32)22-13-8-9-14-23(22)33-7-2/h8-14,16,20H,6-7,15,17-18H2,1-5H3,(H,26,30)/t20-/m1/s1. The van der Waals surface area contributed by atoms with E-state index in [0.29, 0.717) is 18.9 Å². The summed E-state index contributed by atoms with van der Waals surface area (Å²) >= 11 is 0. The van der Waals surface area contributed by atoms with Gasteiger partial charge in [0.2, 0.25) is 21.8 Å². The van der Waals surface area contributed by atoms with Gasteiger partial charge in [0.05, 0.1) is 18.6 Å². The van der Waals surface area contributed by atoms with Gasteiger partial charge in [-0.1, -0.05) is 48.9 Å². The van der Waals surface area contributed by atoms with Crippen molar-refractivity contribution in [2.75, 3.05) is 30.3 Å². The van der Waals surface area contributed by atoms with Crippen LogP contribution >= 0.6 is 0 Å². The summed E-state index contributed by atoms with van der Waals surface area (Å²) < 4.78 is 32.1. The second-order valence-electron chi connectivity index (χ2n) is 8.15. The van der Waals surface area contributed by atoms with E-state index in [4.69, 9.17) is 4.74 Å². The van der Waals surface area contributed by atoms with Crippen LogP contribution in [0.4, 0.5) is 5.69 Å². The van der Waals surface area contributed by atoms with Crippen molar-refractivity contribution in [3.05, 3.63) is 59.7 Å². The highest BCUT2D eigenvalue weighted by Crippen LogP contribution is 2.30. The lowest BCUT2D eigenvalue weighted by Crippen LogP contribution is -2.51. The summed E-state index contributed by atoms with van der Waals surface area (Å²) in [6.45, 7) is 7.89. The second-order valence-corrected chi connectivity index (χ2v) is 10.1. The van der Waals surface area contributed by atoms with Crippen LogP contribution in [0.3, 0.4) is 0 Å². The van der Waals surface area contributed by atoms with Gasteiger partial charge in [0.25, 0.3) is 0 Å². The zero-order chi connectivity index (χ0) is 25.3. The van der Waals surface area contributed by atoms with Gasteiger partial charge in [0.1, 0.15) is 18.3 Å². The summed E-state index contributed by atoms with van der Waals surface area (Å²) in [6.07, 6.45) is 1.81. The Bertz CT molecular complexity index is 1090. The Kier molecular flexibility index (Phi) is 9.92. The molecule has 2 amide bonds. The molecule has 9 heteroatoms. The van der Waals surface area contributed by atoms with Crippen molar-refractivity contribution in [1.82, 2.24) is 10.2 Å². The van der Waals surface area contributed by atoms with Gasteiger partial charge in [-0.2, -0.15) is 0 Å². The van der Waals surface area contributed by atoms with Gasteiger partial charge in [0.15, 0.2) is 0 Å². The number of nitrogens with one attached hydrogen (secondary N) is 1. The van der Waals surface area contributed by atoms with Gasteiger partial charge in [-0.15, -0.1) is 0 Å².